The van der Waals surface area contributed by atoms with Crippen LogP contribution in [0.4, 0.5) is 11.4 Å². The van der Waals surface area contributed by atoms with Crippen LogP contribution in [0.25, 0.3) is 82.8 Å². The van der Waals surface area contributed by atoms with Crippen molar-refractivity contribution in [1.29, 1.82) is 0 Å². The topological polar surface area (TPSA) is 30.5 Å². The highest BCUT2D eigenvalue weighted by atomic mass is 16.5. The van der Waals surface area contributed by atoms with Gasteiger partial charge in [0.2, 0.25) is 0 Å². The summed E-state index contributed by atoms with van der Waals surface area (Å²) in [6, 6.07) is 72.0. The van der Waals surface area contributed by atoms with E-state index in [-0.39, 0.29) is 6.85 Å². The van der Waals surface area contributed by atoms with E-state index < -0.39 is 0 Å². The third-order valence-electron chi connectivity index (χ3n) is 12.4. The highest BCUT2D eigenvalue weighted by Gasteiger charge is 2.44. The summed E-state index contributed by atoms with van der Waals surface area (Å²) in [5.74, 6) is 1.75. The minimum Gasteiger partial charge on any atom is -0.458 e. The van der Waals surface area contributed by atoms with Gasteiger partial charge < -0.3 is 18.5 Å². The largest absolute Gasteiger partial charge is 0.458 e. The number of para-hydroxylation sites is 6. The molecule has 274 valence electrons. The molecule has 11 aromatic rings. The molecule has 0 atom stereocenters. The van der Waals surface area contributed by atoms with E-state index in [0.29, 0.717) is 0 Å². The molecule has 2 aliphatic rings. The van der Waals surface area contributed by atoms with Crippen molar-refractivity contribution in [3.63, 3.8) is 0 Å². The van der Waals surface area contributed by atoms with Gasteiger partial charge in [0.25, 0.3) is 0 Å². The number of aromatic nitrogens is 1. The van der Waals surface area contributed by atoms with Crippen LogP contribution in [0.2, 0.25) is 0 Å². The fourth-order valence-electron chi connectivity index (χ4n) is 9.87. The molecule has 5 heteroatoms. The quantitative estimate of drug-likeness (QED) is 0.168. The minimum atomic E-state index is -0.116. The molecule has 4 heterocycles. The summed E-state index contributed by atoms with van der Waals surface area (Å²) in [4.78, 5) is 2.51. The maximum Gasteiger partial charge on any atom is 0.336 e. The van der Waals surface area contributed by atoms with Crippen molar-refractivity contribution in [2.75, 3.05) is 4.81 Å². The first-order valence-electron chi connectivity index (χ1n) is 20.2. The average molecular weight is 753 g/mol. The van der Waals surface area contributed by atoms with Crippen LogP contribution < -0.4 is 20.5 Å². The van der Waals surface area contributed by atoms with Crippen LogP contribution in [0.5, 0.6) is 11.5 Å². The molecule has 13 rings (SSSR count). The third-order valence-corrected chi connectivity index (χ3v) is 12.4. The van der Waals surface area contributed by atoms with Crippen LogP contribution in [-0.4, -0.2) is 11.4 Å². The number of hydrogen-bond acceptors (Lipinski definition) is 3. The Kier molecular flexibility index (Phi) is 6.78. The Hall–Kier alpha value is -7.76. The highest BCUT2D eigenvalue weighted by Crippen LogP contribution is 2.48. The van der Waals surface area contributed by atoms with Crippen molar-refractivity contribution in [2.24, 2.45) is 0 Å². The van der Waals surface area contributed by atoms with E-state index in [9.17, 15) is 0 Å². The van der Waals surface area contributed by atoms with Crippen molar-refractivity contribution in [3.05, 3.63) is 200 Å². The SMILES string of the molecule is c1ccc(N2B3c4ccccc4Oc4cc(-c5ccccc5-n5c6ccccc6c6ccccc65)cc(c43)-c3ccc(-c4ccc5c(c4)oc4ccccc45)cc32)cc1. The molecular weight excluding hydrogens is 719 g/mol. The van der Waals surface area contributed by atoms with Gasteiger partial charge in [-0.2, -0.15) is 0 Å². The summed E-state index contributed by atoms with van der Waals surface area (Å²) >= 11 is 0. The van der Waals surface area contributed by atoms with Crippen LogP contribution >= 0.6 is 0 Å². The van der Waals surface area contributed by atoms with E-state index in [1.54, 1.807) is 0 Å². The summed E-state index contributed by atoms with van der Waals surface area (Å²) < 4.78 is 15.8. The molecule has 2 aromatic heterocycles. The maximum absolute atomic E-state index is 6.97. The number of nitrogens with zero attached hydrogens (tertiary/aromatic N) is 2. The molecule has 0 amide bonds. The fraction of sp³-hybridized carbons (Fsp3) is 0. The summed E-state index contributed by atoms with van der Waals surface area (Å²) in [5.41, 5.74) is 16.7. The third kappa shape index (κ3) is 4.73. The van der Waals surface area contributed by atoms with Gasteiger partial charge in [-0.05, 0) is 101 Å². The van der Waals surface area contributed by atoms with Gasteiger partial charge in [0.1, 0.15) is 22.7 Å². The number of anilines is 2. The lowest BCUT2D eigenvalue weighted by atomic mass is 9.44. The van der Waals surface area contributed by atoms with Gasteiger partial charge in [-0.1, -0.05) is 127 Å². The first-order valence-corrected chi connectivity index (χ1v) is 20.2. The summed E-state index contributed by atoms with van der Waals surface area (Å²) in [7, 11) is 0. The van der Waals surface area contributed by atoms with Crippen molar-refractivity contribution < 1.29 is 9.15 Å². The lowest BCUT2D eigenvalue weighted by Crippen LogP contribution is -2.59. The second-order valence-corrected chi connectivity index (χ2v) is 15.6. The molecule has 9 aromatic carbocycles. The average Bonchev–Trinajstić information content (AvgIpc) is 3.84. The lowest BCUT2D eigenvalue weighted by molar-refractivity contribution is 0.487. The van der Waals surface area contributed by atoms with Gasteiger partial charge in [-0.15, -0.1) is 0 Å². The maximum atomic E-state index is 6.97. The fourth-order valence-corrected chi connectivity index (χ4v) is 9.87. The number of fused-ring (bicyclic) bond motifs is 10. The Morgan fingerprint density at radius 1 is 0.390 bits per heavy atom. The smallest absolute Gasteiger partial charge is 0.336 e. The van der Waals surface area contributed by atoms with E-state index in [1.807, 2.05) is 12.1 Å². The Morgan fingerprint density at radius 2 is 1.05 bits per heavy atom. The predicted molar refractivity (Wildman–Crippen MR) is 244 cm³/mol. The molecule has 0 N–H and O–H groups in total. The van der Waals surface area contributed by atoms with E-state index in [4.69, 9.17) is 9.15 Å². The van der Waals surface area contributed by atoms with E-state index in [1.165, 1.54) is 32.8 Å². The number of ether oxygens (including phenoxy) is 1. The molecule has 4 nitrogen and oxygen atoms in total. The molecule has 0 radical (unpaired) electrons. The minimum absolute atomic E-state index is 0.116. The van der Waals surface area contributed by atoms with Crippen LogP contribution in [0.1, 0.15) is 0 Å². The summed E-state index contributed by atoms with van der Waals surface area (Å²) in [5, 5.41) is 4.75. The molecule has 0 fully saturated rings. The van der Waals surface area contributed by atoms with Crippen molar-refractivity contribution in [3.8, 4) is 50.6 Å². The zero-order valence-electron chi connectivity index (χ0n) is 31.8. The molecule has 0 saturated heterocycles. The molecule has 0 unspecified atom stereocenters. The highest BCUT2D eigenvalue weighted by molar-refractivity contribution is 6.92. The van der Waals surface area contributed by atoms with Gasteiger partial charge in [0, 0.05) is 49.5 Å². The van der Waals surface area contributed by atoms with Gasteiger partial charge in [0.05, 0.1) is 16.7 Å². The molecule has 0 saturated carbocycles. The molecule has 0 aliphatic carbocycles. The van der Waals surface area contributed by atoms with E-state index in [0.717, 1.165) is 83.8 Å². The monoisotopic (exact) mass is 752 g/mol. The number of hydrogen-bond donors (Lipinski definition) is 0. The molecule has 0 spiro atoms. The summed E-state index contributed by atoms with van der Waals surface area (Å²) in [6.07, 6.45) is 0. The zero-order valence-corrected chi connectivity index (χ0v) is 31.8. The molecule has 59 heavy (non-hydrogen) atoms. The van der Waals surface area contributed by atoms with Crippen LogP contribution in [-0.2, 0) is 0 Å². The van der Waals surface area contributed by atoms with Crippen molar-refractivity contribution in [1.82, 2.24) is 4.57 Å². The number of benzene rings is 9. The van der Waals surface area contributed by atoms with Gasteiger partial charge in [-0.3, -0.25) is 0 Å². The lowest BCUT2D eigenvalue weighted by Gasteiger charge is -2.42. The van der Waals surface area contributed by atoms with Crippen LogP contribution in [0.3, 0.4) is 0 Å². The second kappa shape index (κ2) is 12.4. The van der Waals surface area contributed by atoms with Gasteiger partial charge in [-0.25, -0.2) is 0 Å². The summed E-state index contributed by atoms with van der Waals surface area (Å²) in [6.45, 7) is -0.116. The van der Waals surface area contributed by atoms with Crippen LogP contribution in [0.15, 0.2) is 205 Å². The Balaban J connectivity index is 1.06. The number of furan rings is 1. The Bertz CT molecular complexity index is 3460. The molecule has 0 bridgehead atoms. The first-order chi connectivity index (χ1) is 29.3. The van der Waals surface area contributed by atoms with Gasteiger partial charge in [0.15, 0.2) is 0 Å². The second-order valence-electron chi connectivity index (χ2n) is 15.6. The zero-order chi connectivity index (χ0) is 38.6. The Morgan fingerprint density at radius 3 is 1.90 bits per heavy atom. The van der Waals surface area contributed by atoms with Crippen molar-refractivity contribution in [2.45, 2.75) is 0 Å². The number of rotatable bonds is 4. The van der Waals surface area contributed by atoms with E-state index in [2.05, 4.69) is 197 Å². The standard InChI is InChI=1S/C54H33BN2O2/c1-2-14-37(15-3-1)57-49-31-34(35-27-29-43-42-19-7-12-24-50(42)58-52(43)32-35)26-28-41(49)44-30-36(33-53-54(44)55(57)45-20-8-13-25-51(45)59-53)38-16-4-9-21-46(38)56-47-22-10-5-17-39(47)40-18-6-11-23-48(40)56/h1-33H. The molecule has 2 aliphatic heterocycles. The first kappa shape index (κ1) is 32.3. The van der Waals surface area contributed by atoms with E-state index >= 15 is 0 Å². The van der Waals surface area contributed by atoms with Crippen molar-refractivity contribution >= 4 is 72.9 Å². The van der Waals surface area contributed by atoms with Crippen LogP contribution in [0, 0.1) is 0 Å². The normalized spacial score (nSPS) is 12.8. The predicted octanol–water partition coefficient (Wildman–Crippen LogP) is 13.0. The van der Waals surface area contributed by atoms with Gasteiger partial charge >= 0.3 is 6.85 Å². The molecular formula is C54H33BN2O2. The Labute approximate surface area is 340 Å².